The van der Waals surface area contributed by atoms with Crippen LogP contribution >= 0.6 is 8.81 Å². The molecule has 0 spiro atoms. The minimum Gasteiger partial charge on any atom is -0.361 e. The molecule has 0 bridgehead atoms. The number of hydrogen-bond acceptors (Lipinski definition) is 3. The number of hydrogen-bond donors (Lipinski definition) is 0. The molecule has 0 aliphatic rings. The lowest BCUT2D eigenvalue weighted by molar-refractivity contribution is -0.0979. The van der Waals surface area contributed by atoms with Gasteiger partial charge in [-0.25, -0.2) is 0 Å². The summed E-state index contributed by atoms with van der Waals surface area (Å²) in [4.78, 5) is 10.4. The van der Waals surface area contributed by atoms with Gasteiger partial charge in [-0.05, 0) is 18.1 Å². The molecule has 1 unspecified atom stereocenters. The van der Waals surface area contributed by atoms with Crippen molar-refractivity contribution in [2.45, 2.75) is 20.0 Å². The van der Waals surface area contributed by atoms with E-state index >= 15 is 0 Å². The Morgan fingerprint density at radius 2 is 1.36 bits per heavy atom. The highest BCUT2D eigenvalue weighted by atomic mass is 31.1. The van der Waals surface area contributed by atoms with Crippen molar-refractivity contribution in [2.75, 3.05) is 12.9 Å². The molecule has 0 saturated carbocycles. The minimum atomic E-state index is 0.542. The van der Waals surface area contributed by atoms with E-state index in [0.29, 0.717) is 8.81 Å². The van der Waals surface area contributed by atoms with Crippen molar-refractivity contribution in [3.05, 3.63) is 71.8 Å². The van der Waals surface area contributed by atoms with Gasteiger partial charge in [0, 0.05) is 34.8 Å². The predicted molar refractivity (Wildman–Crippen MR) is 94.1 cm³/mol. The van der Waals surface area contributed by atoms with Crippen molar-refractivity contribution in [1.82, 2.24) is 4.90 Å². The molecule has 22 heavy (non-hydrogen) atoms. The van der Waals surface area contributed by atoms with Gasteiger partial charge >= 0.3 is 0 Å². The number of carbonyl (C=O) groups excluding carboxylic acids is 1. The maximum absolute atomic E-state index is 8.00. The number of rotatable bonds is 8. The van der Waals surface area contributed by atoms with Crippen molar-refractivity contribution in [2.24, 2.45) is 0 Å². The van der Waals surface area contributed by atoms with Gasteiger partial charge in [-0.1, -0.05) is 60.7 Å². The molecule has 0 aliphatic carbocycles. The van der Waals surface area contributed by atoms with Crippen LogP contribution in [0.4, 0.5) is 0 Å². The molecule has 0 fully saturated rings. The Kier molecular flexibility index (Phi) is 10.1. The third-order valence-electron chi connectivity index (χ3n) is 3.03. The maximum Gasteiger partial charge on any atom is 0.106 e. The average molecular weight is 317 g/mol. The molecular weight excluding hydrogens is 293 g/mol. The average Bonchev–Trinajstić information content (AvgIpc) is 2.59. The molecule has 0 aliphatic heterocycles. The lowest BCUT2D eigenvalue weighted by Crippen LogP contribution is -2.21. The van der Waals surface area contributed by atoms with Crippen LogP contribution < -0.4 is 0 Å². The second-order valence-electron chi connectivity index (χ2n) is 4.69. The van der Waals surface area contributed by atoms with Crippen LogP contribution in [0.3, 0.4) is 0 Å². The summed E-state index contributed by atoms with van der Waals surface area (Å²) in [6.07, 6.45) is 0.984. The zero-order valence-corrected chi connectivity index (χ0v) is 14.1. The topological polar surface area (TPSA) is 29.5 Å². The Labute approximate surface area is 135 Å². The predicted octanol–water partition coefficient (Wildman–Crippen LogP) is 4.09. The molecule has 0 radical (unpaired) electrons. The van der Waals surface area contributed by atoms with Gasteiger partial charge in [0.25, 0.3) is 0 Å². The maximum atomic E-state index is 8.00. The molecule has 0 aromatic heterocycles. The first-order valence-electron chi connectivity index (χ1n) is 7.32. The van der Waals surface area contributed by atoms with E-state index in [9.17, 15) is 0 Å². The van der Waals surface area contributed by atoms with E-state index in [2.05, 4.69) is 65.6 Å². The first kappa shape index (κ1) is 18.5. The molecule has 0 saturated heterocycles. The number of carbonyl (C=O) groups is 1. The van der Waals surface area contributed by atoms with Gasteiger partial charge in [0.1, 0.15) is 6.79 Å². The molecule has 118 valence electrons. The highest BCUT2D eigenvalue weighted by Gasteiger charge is 2.07. The monoisotopic (exact) mass is 317 g/mol. The Morgan fingerprint density at radius 1 is 0.909 bits per heavy atom. The van der Waals surface area contributed by atoms with Gasteiger partial charge in [-0.2, -0.15) is 0 Å². The van der Waals surface area contributed by atoms with Crippen LogP contribution in [0.15, 0.2) is 60.7 Å². The zero-order chi connectivity index (χ0) is 16.0. The minimum absolute atomic E-state index is 0.542. The first-order valence-corrected chi connectivity index (χ1v) is 8.43. The van der Waals surface area contributed by atoms with Crippen molar-refractivity contribution in [3.8, 4) is 0 Å². The van der Waals surface area contributed by atoms with Crippen molar-refractivity contribution in [1.29, 1.82) is 0 Å². The van der Waals surface area contributed by atoms with Gasteiger partial charge in [-0.3, -0.25) is 4.90 Å². The molecule has 0 N–H and O–H groups in total. The quantitative estimate of drug-likeness (QED) is 0.542. The molecule has 1 atom stereocenters. The van der Waals surface area contributed by atoms with E-state index < -0.39 is 0 Å². The molecule has 0 heterocycles. The van der Waals surface area contributed by atoms with Gasteiger partial charge in [0.15, 0.2) is 0 Å². The van der Waals surface area contributed by atoms with Gasteiger partial charge in [-0.15, -0.1) is 0 Å². The summed E-state index contributed by atoms with van der Waals surface area (Å²) >= 11 is 0. The van der Waals surface area contributed by atoms with Gasteiger partial charge in [0.05, 0.1) is 0 Å². The highest BCUT2D eigenvalue weighted by molar-refractivity contribution is 7.32. The third kappa shape index (κ3) is 7.46. The van der Waals surface area contributed by atoms with E-state index in [1.54, 1.807) is 0 Å². The van der Waals surface area contributed by atoms with Gasteiger partial charge < -0.3 is 9.32 Å². The van der Waals surface area contributed by atoms with Gasteiger partial charge in [0.2, 0.25) is 0 Å². The number of nitrogens with zero attached hydrogens (tertiary/aromatic N) is 1. The van der Waals surface area contributed by atoms with Crippen LogP contribution in [-0.4, -0.2) is 24.6 Å². The molecule has 2 aromatic carbocycles. The molecule has 3 nitrogen and oxygen atoms in total. The number of benzene rings is 2. The summed E-state index contributed by atoms with van der Waals surface area (Å²) in [6, 6.07) is 21.2. The summed E-state index contributed by atoms with van der Waals surface area (Å²) in [6.45, 7) is 6.78. The van der Waals surface area contributed by atoms with Crippen molar-refractivity contribution in [3.63, 3.8) is 0 Å². The smallest absolute Gasteiger partial charge is 0.106 e. The second kappa shape index (κ2) is 12.0. The van der Waals surface area contributed by atoms with Crippen LogP contribution in [0.2, 0.25) is 0 Å². The summed E-state index contributed by atoms with van der Waals surface area (Å²) in [5, 5.41) is 0. The Bertz CT molecular complexity index is 451. The fourth-order valence-electron chi connectivity index (χ4n) is 2.09. The summed E-state index contributed by atoms with van der Waals surface area (Å²) in [5.74, 6) is 0. The molecule has 0 amide bonds. The SMILES string of the molecule is C=O.CCOPCN(Cc1ccccc1)Cc1ccccc1. The second-order valence-corrected chi connectivity index (χ2v) is 5.59. The van der Waals surface area contributed by atoms with Crippen LogP contribution in [-0.2, 0) is 22.4 Å². The Morgan fingerprint density at radius 3 is 1.77 bits per heavy atom. The molecule has 2 aromatic rings. The van der Waals surface area contributed by atoms with Crippen molar-refractivity contribution >= 4 is 15.6 Å². The lowest BCUT2D eigenvalue weighted by Gasteiger charge is -2.22. The van der Waals surface area contributed by atoms with Crippen LogP contribution in [0.5, 0.6) is 0 Å². The fraction of sp³-hybridized carbons (Fsp3) is 0.278. The zero-order valence-electron chi connectivity index (χ0n) is 13.1. The van der Waals surface area contributed by atoms with Crippen LogP contribution in [0.25, 0.3) is 0 Å². The van der Waals surface area contributed by atoms with E-state index in [4.69, 9.17) is 9.32 Å². The molecule has 2 rings (SSSR count). The normalized spacial score (nSPS) is 10.6. The Hall–Kier alpha value is -1.54. The lowest BCUT2D eigenvalue weighted by atomic mass is 10.2. The third-order valence-corrected chi connectivity index (χ3v) is 4.10. The summed E-state index contributed by atoms with van der Waals surface area (Å²) in [5.41, 5.74) is 2.70. The van der Waals surface area contributed by atoms with Crippen molar-refractivity contribution < 1.29 is 9.32 Å². The fourth-order valence-corrected chi connectivity index (χ4v) is 2.79. The standard InChI is InChI=1S/C17H22NOP.CH2O/c1-2-19-20-15-18(13-16-9-5-3-6-10-16)14-17-11-7-4-8-12-17;1-2/h3-12,20H,2,13-15H2,1H3;1H2. The highest BCUT2D eigenvalue weighted by Crippen LogP contribution is 2.18. The first-order chi connectivity index (χ1) is 10.9. The Balaban J connectivity index is 0.00000116. The van der Waals surface area contributed by atoms with E-state index in [-0.39, 0.29) is 0 Å². The summed E-state index contributed by atoms with van der Waals surface area (Å²) < 4.78 is 5.53. The van der Waals surface area contributed by atoms with E-state index in [0.717, 1.165) is 26.0 Å². The van der Waals surface area contributed by atoms with Crippen LogP contribution in [0.1, 0.15) is 18.1 Å². The van der Waals surface area contributed by atoms with E-state index in [1.165, 1.54) is 11.1 Å². The largest absolute Gasteiger partial charge is 0.361 e. The summed E-state index contributed by atoms with van der Waals surface area (Å²) in [7, 11) is 0.542. The van der Waals surface area contributed by atoms with Crippen LogP contribution in [0, 0.1) is 0 Å². The molecular formula is C18H24NO2P. The molecule has 4 heteroatoms. The van der Waals surface area contributed by atoms with E-state index in [1.807, 2.05) is 13.7 Å².